The Hall–Kier alpha value is -1.39. The Morgan fingerprint density at radius 2 is 2.14 bits per heavy atom. The lowest BCUT2D eigenvalue weighted by molar-refractivity contribution is 0.163. The molecule has 14 heavy (non-hydrogen) atoms. The van der Waals surface area contributed by atoms with Crippen molar-refractivity contribution in [1.29, 1.82) is 0 Å². The first-order valence-electron chi connectivity index (χ1n) is 3.99. The Bertz CT molecular complexity index is 304. The van der Waals surface area contributed by atoms with Gasteiger partial charge in [0.05, 0.1) is 13.7 Å². The zero-order valence-corrected chi connectivity index (χ0v) is 7.56. The topological polar surface area (TPSA) is 21.3 Å². The highest BCUT2D eigenvalue weighted by Crippen LogP contribution is 2.20. The number of benzene rings is 1. The zero-order valence-electron chi connectivity index (χ0n) is 7.56. The highest BCUT2D eigenvalue weighted by Gasteiger charge is 2.05. The van der Waals surface area contributed by atoms with E-state index in [0.29, 0.717) is 5.69 Å². The van der Waals surface area contributed by atoms with Gasteiger partial charge in [0.2, 0.25) is 0 Å². The predicted molar refractivity (Wildman–Crippen MR) is 47.4 cm³/mol. The smallest absolute Gasteiger partial charge is 0.255 e. The molecule has 0 aliphatic carbocycles. The number of hydrogen-bond donors (Lipinski definition) is 1. The summed E-state index contributed by atoms with van der Waals surface area (Å²) in [4.78, 5) is 0. The van der Waals surface area contributed by atoms with Crippen molar-refractivity contribution in [3.05, 3.63) is 24.0 Å². The molecule has 0 amide bonds. The summed E-state index contributed by atoms with van der Waals surface area (Å²) in [5, 5.41) is 2.39. The standard InChI is InChI=1S/C9H10F3NO/c1-14-8-3-2-6(4-7(8)10)13-5-9(11)12/h2-4,9,13H,5H2,1H3. The summed E-state index contributed by atoms with van der Waals surface area (Å²) in [5.74, 6) is -0.487. The third-order valence-electron chi connectivity index (χ3n) is 1.61. The molecule has 5 heteroatoms. The van der Waals surface area contributed by atoms with Crippen LogP contribution in [0.4, 0.5) is 18.9 Å². The lowest BCUT2D eigenvalue weighted by Gasteiger charge is -2.07. The molecule has 0 saturated carbocycles. The van der Waals surface area contributed by atoms with Gasteiger partial charge < -0.3 is 10.1 Å². The van der Waals surface area contributed by atoms with Crippen LogP contribution in [0.15, 0.2) is 18.2 Å². The van der Waals surface area contributed by atoms with Crippen molar-refractivity contribution < 1.29 is 17.9 Å². The number of methoxy groups -OCH3 is 1. The molecule has 1 N–H and O–H groups in total. The van der Waals surface area contributed by atoms with Crippen molar-refractivity contribution in [2.24, 2.45) is 0 Å². The van der Waals surface area contributed by atoms with Crippen molar-refractivity contribution in [2.75, 3.05) is 19.0 Å². The molecule has 0 unspecified atom stereocenters. The average molecular weight is 205 g/mol. The predicted octanol–water partition coefficient (Wildman–Crippen LogP) is 2.51. The highest BCUT2D eigenvalue weighted by molar-refractivity contribution is 5.47. The fraction of sp³-hybridized carbons (Fsp3) is 0.333. The number of rotatable bonds is 4. The average Bonchev–Trinajstić information content (AvgIpc) is 2.15. The number of ether oxygens (including phenoxy) is 1. The van der Waals surface area contributed by atoms with Crippen molar-refractivity contribution in [1.82, 2.24) is 0 Å². The fourth-order valence-corrected chi connectivity index (χ4v) is 0.971. The molecule has 0 fully saturated rings. The van der Waals surface area contributed by atoms with Gasteiger partial charge in [-0.1, -0.05) is 0 Å². The molecule has 78 valence electrons. The lowest BCUT2D eigenvalue weighted by atomic mass is 10.3. The maximum Gasteiger partial charge on any atom is 0.255 e. The van der Waals surface area contributed by atoms with Crippen LogP contribution in [-0.4, -0.2) is 20.1 Å². The summed E-state index contributed by atoms with van der Waals surface area (Å²) >= 11 is 0. The molecule has 0 aliphatic rings. The molecule has 0 radical (unpaired) electrons. The number of nitrogens with one attached hydrogen (secondary N) is 1. The van der Waals surface area contributed by atoms with E-state index >= 15 is 0 Å². The van der Waals surface area contributed by atoms with Crippen LogP contribution in [0.2, 0.25) is 0 Å². The van der Waals surface area contributed by atoms with Crippen molar-refractivity contribution in [3.8, 4) is 5.75 Å². The van der Waals surface area contributed by atoms with Gasteiger partial charge in [-0.05, 0) is 12.1 Å². The monoisotopic (exact) mass is 205 g/mol. The minimum Gasteiger partial charge on any atom is -0.494 e. The van der Waals surface area contributed by atoms with Crippen LogP contribution in [0, 0.1) is 5.82 Å². The highest BCUT2D eigenvalue weighted by atomic mass is 19.3. The van der Waals surface area contributed by atoms with E-state index < -0.39 is 18.8 Å². The van der Waals surface area contributed by atoms with Gasteiger partial charge in [-0.15, -0.1) is 0 Å². The number of halogens is 3. The van der Waals surface area contributed by atoms with E-state index in [0.717, 1.165) is 6.07 Å². The van der Waals surface area contributed by atoms with Gasteiger partial charge in [-0.25, -0.2) is 13.2 Å². The summed E-state index contributed by atoms with van der Waals surface area (Å²) in [6.07, 6.45) is -2.46. The van der Waals surface area contributed by atoms with Crippen LogP contribution < -0.4 is 10.1 Å². The second-order valence-electron chi connectivity index (χ2n) is 2.62. The maximum atomic E-state index is 13.0. The SMILES string of the molecule is COc1ccc(NCC(F)F)cc1F. The van der Waals surface area contributed by atoms with Crippen LogP contribution in [0.5, 0.6) is 5.75 Å². The third-order valence-corrected chi connectivity index (χ3v) is 1.61. The van der Waals surface area contributed by atoms with Crippen LogP contribution in [0.1, 0.15) is 0 Å². The summed E-state index contributed by atoms with van der Waals surface area (Å²) in [6, 6.07) is 3.97. The normalized spacial score (nSPS) is 10.4. The van der Waals surface area contributed by atoms with Gasteiger partial charge in [-0.2, -0.15) is 0 Å². The molecule has 0 heterocycles. The summed E-state index contributed by atoms with van der Waals surface area (Å²) in [5.41, 5.74) is 0.309. The van der Waals surface area contributed by atoms with Gasteiger partial charge >= 0.3 is 0 Å². The Labute approximate surface area is 79.7 Å². The molecule has 0 saturated heterocycles. The van der Waals surface area contributed by atoms with E-state index in [1.165, 1.54) is 19.2 Å². The van der Waals surface area contributed by atoms with Crippen LogP contribution in [0.3, 0.4) is 0 Å². The molecule has 1 rings (SSSR count). The second-order valence-corrected chi connectivity index (χ2v) is 2.62. The molecule has 0 atom stereocenters. The van der Waals surface area contributed by atoms with Gasteiger partial charge in [0.1, 0.15) is 0 Å². The van der Waals surface area contributed by atoms with Crippen LogP contribution >= 0.6 is 0 Å². The molecular formula is C9H10F3NO. The lowest BCUT2D eigenvalue weighted by Crippen LogP contribution is -2.10. The van der Waals surface area contributed by atoms with Gasteiger partial charge in [0.15, 0.2) is 11.6 Å². The Kier molecular flexibility index (Phi) is 3.62. The molecular weight excluding hydrogens is 195 g/mol. The van der Waals surface area contributed by atoms with E-state index in [2.05, 4.69) is 10.1 Å². The third kappa shape index (κ3) is 2.83. The molecule has 2 nitrogen and oxygen atoms in total. The van der Waals surface area contributed by atoms with Crippen molar-refractivity contribution >= 4 is 5.69 Å². The van der Waals surface area contributed by atoms with Gasteiger partial charge in [0.25, 0.3) is 6.43 Å². The van der Waals surface area contributed by atoms with E-state index in [1.807, 2.05) is 0 Å². The first-order chi connectivity index (χ1) is 6.63. The number of hydrogen-bond acceptors (Lipinski definition) is 2. The Balaban J connectivity index is 2.66. The quantitative estimate of drug-likeness (QED) is 0.815. The van der Waals surface area contributed by atoms with Gasteiger partial charge in [-0.3, -0.25) is 0 Å². The Morgan fingerprint density at radius 1 is 1.43 bits per heavy atom. The van der Waals surface area contributed by atoms with E-state index in [4.69, 9.17) is 0 Å². The fourth-order valence-electron chi connectivity index (χ4n) is 0.971. The first-order valence-corrected chi connectivity index (χ1v) is 3.99. The minimum atomic E-state index is -2.46. The Morgan fingerprint density at radius 3 is 2.64 bits per heavy atom. The van der Waals surface area contributed by atoms with Crippen molar-refractivity contribution in [3.63, 3.8) is 0 Å². The van der Waals surface area contributed by atoms with E-state index in [1.54, 1.807) is 0 Å². The molecule has 0 bridgehead atoms. The van der Waals surface area contributed by atoms with E-state index in [-0.39, 0.29) is 5.75 Å². The summed E-state index contributed by atoms with van der Waals surface area (Å²) in [7, 11) is 1.34. The number of anilines is 1. The zero-order chi connectivity index (χ0) is 10.6. The molecule has 1 aromatic carbocycles. The van der Waals surface area contributed by atoms with Crippen molar-refractivity contribution in [2.45, 2.75) is 6.43 Å². The van der Waals surface area contributed by atoms with Crippen LogP contribution in [-0.2, 0) is 0 Å². The first kappa shape index (κ1) is 10.7. The molecule has 1 aromatic rings. The van der Waals surface area contributed by atoms with E-state index in [9.17, 15) is 13.2 Å². The maximum absolute atomic E-state index is 13.0. The number of alkyl halides is 2. The minimum absolute atomic E-state index is 0.0904. The molecule has 0 spiro atoms. The summed E-state index contributed by atoms with van der Waals surface area (Å²) in [6.45, 7) is -0.494. The molecule has 0 aromatic heterocycles. The largest absolute Gasteiger partial charge is 0.494 e. The summed E-state index contributed by atoms with van der Waals surface area (Å²) < 4.78 is 41.3. The second kappa shape index (κ2) is 4.74. The van der Waals surface area contributed by atoms with Gasteiger partial charge in [0, 0.05) is 11.8 Å². The van der Waals surface area contributed by atoms with Crippen LogP contribution in [0.25, 0.3) is 0 Å². The molecule has 0 aliphatic heterocycles.